The van der Waals surface area contributed by atoms with Gasteiger partial charge in [0.1, 0.15) is 11.6 Å². The van der Waals surface area contributed by atoms with Crippen LogP contribution in [0.25, 0.3) is 10.9 Å². The van der Waals surface area contributed by atoms with Gasteiger partial charge in [0.2, 0.25) is 0 Å². The number of phenolic OH excluding ortho intramolecular Hbond substituents is 1. The summed E-state index contributed by atoms with van der Waals surface area (Å²) in [6, 6.07) is 3.20. The van der Waals surface area contributed by atoms with Crippen LogP contribution in [0, 0.1) is 0 Å². The van der Waals surface area contributed by atoms with Crippen molar-refractivity contribution in [3.8, 4) is 5.75 Å². The van der Waals surface area contributed by atoms with Crippen molar-refractivity contribution < 1.29 is 33.0 Å². The molecule has 0 radical (unpaired) electrons. The predicted octanol–water partition coefficient (Wildman–Crippen LogP) is 2.66. The number of benzene rings is 1. The highest BCUT2D eigenvalue weighted by atomic mass is 19.4. The second-order valence-corrected chi connectivity index (χ2v) is 6.89. The summed E-state index contributed by atoms with van der Waals surface area (Å²) >= 11 is 0. The molecule has 31 heavy (non-hydrogen) atoms. The summed E-state index contributed by atoms with van der Waals surface area (Å²) in [5.41, 5.74) is 1.13. The Kier molecular flexibility index (Phi) is 7.26. The summed E-state index contributed by atoms with van der Waals surface area (Å²) in [5, 5.41) is 24.8. The quantitative estimate of drug-likeness (QED) is 0.560. The first-order chi connectivity index (χ1) is 14.4. The van der Waals surface area contributed by atoms with Gasteiger partial charge in [0, 0.05) is 44.0 Å². The summed E-state index contributed by atoms with van der Waals surface area (Å²) in [6.45, 7) is 5.31. The first-order valence-corrected chi connectivity index (χ1v) is 9.15. The maximum Gasteiger partial charge on any atom is 0.490 e. The Morgan fingerprint density at radius 1 is 1.26 bits per heavy atom. The number of nitrogens with one attached hydrogen (secondary N) is 1. The molecule has 0 atom stereocenters. The van der Waals surface area contributed by atoms with Crippen molar-refractivity contribution in [3.05, 3.63) is 42.1 Å². The largest absolute Gasteiger partial charge is 0.507 e. The van der Waals surface area contributed by atoms with E-state index in [0.717, 1.165) is 11.3 Å². The number of aliphatic carboxylic acids is 1. The molecule has 0 bridgehead atoms. The lowest BCUT2D eigenvalue weighted by molar-refractivity contribution is -0.192. The number of hydrogen-bond acceptors (Lipinski definition) is 5. The highest BCUT2D eigenvalue weighted by Crippen LogP contribution is 2.25. The Hall–Kier alpha value is -3.57. The third kappa shape index (κ3) is 5.96. The Labute approximate surface area is 175 Å². The molecular formula is C19H22F3N5O4. The third-order valence-corrected chi connectivity index (χ3v) is 4.25. The number of rotatable bonds is 5. The molecule has 0 aliphatic carbocycles. The zero-order valence-corrected chi connectivity index (χ0v) is 17.0. The van der Waals surface area contributed by atoms with E-state index >= 15 is 0 Å². The van der Waals surface area contributed by atoms with E-state index in [9.17, 15) is 23.1 Å². The summed E-state index contributed by atoms with van der Waals surface area (Å²) in [6.07, 6.45) is 0.180. The number of fused-ring (bicyclic) bond motifs is 1. The van der Waals surface area contributed by atoms with Crippen LogP contribution < -0.4 is 5.32 Å². The lowest BCUT2D eigenvalue weighted by Gasteiger charge is -2.11. The second kappa shape index (κ2) is 9.49. The van der Waals surface area contributed by atoms with Crippen LogP contribution in [0.2, 0.25) is 0 Å². The average Bonchev–Trinajstić information content (AvgIpc) is 3.29. The van der Waals surface area contributed by atoms with E-state index in [0.29, 0.717) is 30.0 Å². The lowest BCUT2D eigenvalue weighted by atomic mass is 10.1. The molecule has 12 heteroatoms. The van der Waals surface area contributed by atoms with E-state index in [1.807, 2.05) is 10.8 Å². The SMILES string of the molecule is CC(C)c1nccn1CCNC(=O)c1cc(O)c2cnn(C)c2c1.O=C(O)C(F)(F)F. The van der Waals surface area contributed by atoms with E-state index in [4.69, 9.17) is 9.90 Å². The van der Waals surface area contributed by atoms with Crippen LogP contribution in [0.1, 0.15) is 35.9 Å². The number of phenols is 1. The van der Waals surface area contributed by atoms with E-state index in [1.54, 1.807) is 30.2 Å². The number of carbonyl (C=O) groups is 2. The van der Waals surface area contributed by atoms with Crippen molar-refractivity contribution in [3.63, 3.8) is 0 Å². The van der Waals surface area contributed by atoms with Gasteiger partial charge in [0.05, 0.1) is 17.1 Å². The van der Waals surface area contributed by atoms with Gasteiger partial charge in [-0.2, -0.15) is 18.3 Å². The van der Waals surface area contributed by atoms with Gasteiger partial charge in [-0.05, 0) is 12.1 Å². The van der Waals surface area contributed by atoms with Gasteiger partial charge in [-0.15, -0.1) is 0 Å². The molecule has 0 aliphatic heterocycles. The smallest absolute Gasteiger partial charge is 0.490 e. The first kappa shape index (κ1) is 23.7. The van der Waals surface area contributed by atoms with Crippen LogP contribution in [-0.2, 0) is 18.4 Å². The minimum absolute atomic E-state index is 0.0578. The Morgan fingerprint density at radius 3 is 2.48 bits per heavy atom. The molecule has 1 aromatic carbocycles. The molecule has 9 nitrogen and oxygen atoms in total. The maximum absolute atomic E-state index is 12.3. The molecule has 168 valence electrons. The summed E-state index contributed by atoms with van der Waals surface area (Å²) in [4.78, 5) is 25.6. The minimum Gasteiger partial charge on any atom is -0.507 e. The van der Waals surface area contributed by atoms with Gasteiger partial charge >= 0.3 is 12.1 Å². The molecule has 3 rings (SSSR count). The number of carboxylic acids is 1. The molecule has 0 saturated heterocycles. The second-order valence-electron chi connectivity index (χ2n) is 6.89. The molecule has 0 spiro atoms. The fourth-order valence-corrected chi connectivity index (χ4v) is 2.76. The molecule has 2 heterocycles. The number of aryl methyl sites for hydroxylation is 1. The van der Waals surface area contributed by atoms with Gasteiger partial charge in [0.15, 0.2) is 0 Å². The van der Waals surface area contributed by atoms with Crippen molar-refractivity contribution in [2.24, 2.45) is 7.05 Å². The fraction of sp³-hybridized carbons (Fsp3) is 0.368. The third-order valence-electron chi connectivity index (χ3n) is 4.25. The number of hydrogen-bond donors (Lipinski definition) is 3. The van der Waals surface area contributed by atoms with Crippen molar-refractivity contribution >= 4 is 22.8 Å². The van der Waals surface area contributed by atoms with E-state index in [1.165, 1.54) is 6.07 Å². The Balaban J connectivity index is 0.000000423. The summed E-state index contributed by atoms with van der Waals surface area (Å²) < 4.78 is 35.4. The van der Waals surface area contributed by atoms with Gasteiger partial charge < -0.3 is 20.1 Å². The number of carboxylic acid groups (broad SMARTS) is 1. The van der Waals surface area contributed by atoms with Crippen LogP contribution in [0.5, 0.6) is 5.75 Å². The zero-order valence-electron chi connectivity index (χ0n) is 17.0. The average molecular weight is 441 g/mol. The first-order valence-electron chi connectivity index (χ1n) is 9.15. The molecule has 0 aliphatic rings. The van der Waals surface area contributed by atoms with Crippen molar-refractivity contribution in [1.29, 1.82) is 0 Å². The molecule has 3 N–H and O–H groups in total. The number of aromatic nitrogens is 4. The zero-order chi connectivity index (χ0) is 23.3. The van der Waals surface area contributed by atoms with E-state index < -0.39 is 12.1 Å². The lowest BCUT2D eigenvalue weighted by Crippen LogP contribution is -2.27. The highest BCUT2D eigenvalue weighted by Gasteiger charge is 2.38. The van der Waals surface area contributed by atoms with Crippen LogP contribution in [0.4, 0.5) is 13.2 Å². The number of carbonyl (C=O) groups excluding carboxylic acids is 1. The molecular weight excluding hydrogens is 419 g/mol. The maximum atomic E-state index is 12.3. The number of halogens is 3. The number of alkyl halides is 3. The van der Waals surface area contributed by atoms with Crippen LogP contribution in [0.3, 0.4) is 0 Å². The topological polar surface area (TPSA) is 122 Å². The monoisotopic (exact) mass is 441 g/mol. The van der Waals surface area contributed by atoms with Crippen molar-refractivity contribution in [1.82, 2.24) is 24.6 Å². The molecule has 0 saturated carbocycles. The van der Waals surface area contributed by atoms with Gasteiger partial charge in [0.25, 0.3) is 5.91 Å². The van der Waals surface area contributed by atoms with Crippen molar-refractivity contribution in [2.45, 2.75) is 32.5 Å². The molecule has 2 aromatic heterocycles. The normalized spacial score (nSPS) is 11.3. The Morgan fingerprint density at radius 2 is 1.90 bits per heavy atom. The fourth-order valence-electron chi connectivity index (χ4n) is 2.76. The number of imidazole rings is 1. The van der Waals surface area contributed by atoms with Crippen LogP contribution in [0.15, 0.2) is 30.7 Å². The number of nitrogens with zero attached hydrogens (tertiary/aromatic N) is 4. The Bertz CT molecular complexity index is 1070. The predicted molar refractivity (Wildman–Crippen MR) is 105 cm³/mol. The van der Waals surface area contributed by atoms with Crippen molar-refractivity contribution in [2.75, 3.05) is 6.54 Å². The summed E-state index contributed by atoms with van der Waals surface area (Å²) in [7, 11) is 1.77. The minimum atomic E-state index is -5.08. The highest BCUT2D eigenvalue weighted by molar-refractivity contribution is 5.99. The number of amides is 1. The van der Waals surface area contributed by atoms with Crippen LogP contribution in [-0.4, -0.2) is 54.1 Å². The molecule has 0 fully saturated rings. The van der Waals surface area contributed by atoms with Gasteiger partial charge in [-0.3, -0.25) is 9.48 Å². The van der Waals surface area contributed by atoms with E-state index in [2.05, 4.69) is 29.2 Å². The molecule has 0 unspecified atom stereocenters. The number of aromatic hydroxyl groups is 1. The standard InChI is InChI=1S/C17H21N5O2.C2HF3O2/c1-11(2)16-18-4-6-22(16)7-5-19-17(24)12-8-14-13(15(23)9-12)10-20-21(14)3;3-2(4,5)1(6)7/h4,6,8-11,23H,5,7H2,1-3H3,(H,19,24);(H,6,7). The molecule has 1 amide bonds. The molecule has 3 aromatic rings. The van der Waals surface area contributed by atoms with Crippen LogP contribution >= 0.6 is 0 Å². The summed E-state index contributed by atoms with van der Waals surface area (Å²) in [5.74, 6) is -1.59. The van der Waals surface area contributed by atoms with Gasteiger partial charge in [-0.1, -0.05) is 13.8 Å². The van der Waals surface area contributed by atoms with Gasteiger partial charge in [-0.25, -0.2) is 9.78 Å². The van der Waals surface area contributed by atoms with E-state index in [-0.39, 0.29) is 11.7 Å².